The predicted molar refractivity (Wildman–Crippen MR) is 85.2 cm³/mol. The van der Waals surface area contributed by atoms with Gasteiger partial charge in [0.2, 0.25) is 5.91 Å². The number of nitrogens with zero attached hydrogens (tertiary/aromatic N) is 1. The van der Waals surface area contributed by atoms with E-state index in [1.807, 2.05) is 11.0 Å². The lowest BCUT2D eigenvalue weighted by Crippen LogP contribution is -2.42. The summed E-state index contributed by atoms with van der Waals surface area (Å²) in [6.45, 7) is 6.20. The Balaban J connectivity index is 1.73. The molecule has 3 rings (SSSR count). The Labute approximate surface area is 125 Å². The number of carbonyl (C=O) groups is 1. The molecule has 1 aliphatic heterocycles. The number of hydrogen-bond donors (Lipinski definition) is 2. The van der Waals surface area contributed by atoms with Crippen LogP contribution in [0.3, 0.4) is 0 Å². The van der Waals surface area contributed by atoms with E-state index in [4.69, 9.17) is 0 Å². The highest BCUT2D eigenvalue weighted by Gasteiger charge is 2.23. The van der Waals surface area contributed by atoms with E-state index in [-0.39, 0.29) is 5.91 Å². The van der Waals surface area contributed by atoms with Gasteiger partial charge in [0.15, 0.2) is 0 Å². The molecule has 21 heavy (non-hydrogen) atoms. The lowest BCUT2D eigenvalue weighted by Gasteiger charge is -2.28. The molecule has 0 radical (unpaired) electrons. The maximum absolute atomic E-state index is 12.3. The molecule has 2 heterocycles. The molecule has 2 aromatic rings. The summed E-state index contributed by atoms with van der Waals surface area (Å²) in [6.07, 6.45) is 1.96. The van der Waals surface area contributed by atoms with Gasteiger partial charge in [-0.1, -0.05) is 25.1 Å². The lowest BCUT2D eigenvalue weighted by atomic mass is 10.0. The van der Waals surface area contributed by atoms with Crippen molar-refractivity contribution in [3.05, 3.63) is 35.5 Å². The summed E-state index contributed by atoms with van der Waals surface area (Å²) < 4.78 is 0. The van der Waals surface area contributed by atoms with Gasteiger partial charge in [0.25, 0.3) is 0 Å². The van der Waals surface area contributed by atoms with Gasteiger partial charge in [-0.05, 0) is 19.4 Å². The minimum atomic E-state index is 0.200. The van der Waals surface area contributed by atoms with E-state index in [0.717, 1.165) is 25.9 Å². The van der Waals surface area contributed by atoms with E-state index >= 15 is 0 Å². The average Bonchev–Trinajstić information content (AvgIpc) is 2.90. The van der Waals surface area contributed by atoms with E-state index in [9.17, 15) is 4.79 Å². The van der Waals surface area contributed by atoms with Crippen LogP contribution in [-0.2, 0) is 17.8 Å². The summed E-state index contributed by atoms with van der Waals surface area (Å²) in [7, 11) is 0. The number of aromatic nitrogens is 1. The van der Waals surface area contributed by atoms with E-state index < -0.39 is 0 Å². The van der Waals surface area contributed by atoms with Crippen LogP contribution in [0.25, 0.3) is 10.9 Å². The van der Waals surface area contributed by atoms with Crippen molar-refractivity contribution in [3.63, 3.8) is 0 Å². The second-order valence-corrected chi connectivity index (χ2v) is 5.88. The third-order valence-electron chi connectivity index (χ3n) is 4.45. The molecule has 0 spiro atoms. The normalized spacial score (nSPS) is 16.0. The number of nitrogens with one attached hydrogen (secondary N) is 2. The molecule has 112 valence electrons. The summed E-state index contributed by atoms with van der Waals surface area (Å²) in [4.78, 5) is 17.8. The van der Waals surface area contributed by atoms with Crippen molar-refractivity contribution >= 4 is 16.8 Å². The highest BCUT2D eigenvalue weighted by molar-refractivity contribution is 5.86. The molecule has 1 aliphatic rings. The molecule has 1 atom stereocenters. The Morgan fingerprint density at radius 1 is 1.43 bits per heavy atom. The van der Waals surface area contributed by atoms with Crippen LogP contribution in [0.4, 0.5) is 0 Å². The summed E-state index contributed by atoms with van der Waals surface area (Å²) in [5.74, 6) is 0.200. The first-order valence-corrected chi connectivity index (χ1v) is 7.78. The van der Waals surface area contributed by atoms with Crippen LogP contribution in [0.5, 0.6) is 0 Å². The molecule has 2 N–H and O–H groups in total. The van der Waals surface area contributed by atoms with Gasteiger partial charge >= 0.3 is 0 Å². The van der Waals surface area contributed by atoms with E-state index in [0.29, 0.717) is 12.6 Å². The fourth-order valence-electron chi connectivity index (χ4n) is 2.90. The summed E-state index contributed by atoms with van der Waals surface area (Å²) in [5.41, 5.74) is 3.75. The largest absolute Gasteiger partial charge is 0.358 e. The van der Waals surface area contributed by atoms with Gasteiger partial charge < -0.3 is 15.2 Å². The van der Waals surface area contributed by atoms with Gasteiger partial charge in [0.05, 0.1) is 6.54 Å². The van der Waals surface area contributed by atoms with Crippen LogP contribution in [-0.4, -0.2) is 34.9 Å². The van der Waals surface area contributed by atoms with Crippen molar-refractivity contribution in [3.8, 4) is 0 Å². The highest BCUT2D eigenvalue weighted by Crippen LogP contribution is 2.27. The molecule has 0 aliphatic carbocycles. The predicted octanol–water partition coefficient (Wildman–Crippen LogP) is 2.44. The SMILES string of the molecule is CCC(C)NCC(=O)N1CCc2[nH]c3ccccc3c2C1. The molecule has 1 unspecified atom stereocenters. The summed E-state index contributed by atoms with van der Waals surface area (Å²) in [6, 6.07) is 8.73. The topological polar surface area (TPSA) is 48.1 Å². The van der Waals surface area contributed by atoms with Crippen LogP contribution in [0.15, 0.2) is 24.3 Å². The van der Waals surface area contributed by atoms with Crippen LogP contribution < -0.4 is 5.32 Å². The quantitative estimate of drug-likeness (QED) is 0.906. The van der Waals surface area contributed by atoms with Gasteiger partial charge in [-0.2, -0.15) is 0 Å². The molecule has 0 saturated heterocycles. The highest BCUT2D eigenvalue weighted by atomic mass is 16.2. The molecule has 1 amide bonds. The van der Waals surface area contributed by atoms with Crippen LogP contribution >= 0.6 is 0 Å². The Kier molecular flexibility index (Phi) is 3.97. The zero-order valence-electron chi connectivity index (χ0n) is 12.8. The molecule has 0 bridgehead atoms. The number of para-hydroxylation sites is 1. The van der Waals surface area contributed by atoms with Gasteiger partial charge in [-0.3, -0.25) is 4.79 Å². The van der Waals surface area contributed by atoms with Gasteiger partial charge in [-0.15, -0.1) is 0 Å². The van der Waals surface area contributed by atoms with Crippen molar-refractivity contribution < 1.29 is 4.79 Å². The maximum Gasteiger partial charge on any atom is 0.236 e. The maximum atomic E-state index is 12.3. The molecule has 0 saturated carbocycles. The monoisotopic (exact) mass is 285 g/mol. The fraction of sp³-hybridized carbons (Fsp3) is 0.471. The Morgan fingerprint density at radius 2 is 2.24 bits per heavy atom. The van der Waals surface area contributed by atoms with E-state index in [1.54, 1.807) is 0 Å². The number of hydrogen-bond acceptors (Lipinski definition) is 2. The van der Waals surface area contributed by atoms with Crippen LogP contribution in [0, 0.1) is 0 Å². The number of H-pyrrole nitrogens is 1. The van der Waals surface area contributed by atoms with Crippen molar-refractivity contribution in [2.45, 2.75) is 39.3 Å². The number of rotatable bonds is 4. The molecular formula is C17H23N3O. The van der Waals surface area contributed by atoms with Gasteiger partial charge in [-0.25, -0.2) is 0 Å². The second-order valence-electron chi connectivity index (χ2n) is 5.88. The third kappa shape index (κ3) is 2.81. The number of benzene rings is 1. The van der Waals surface area contributed by atoms with Crippen molar-refractivity contribution in [1.82, 2.24) is 15.2 Å². The second kappa shape index (κ2) is 5.90. The van der Waals surface area contributed by atoms with Crippen molar-refractivity contribution in [2.75, 3.05) is 13.1 Å². The van der Waals surface area contributed by atoms with Crippen LogP contribution in [0.1, 0.15) is 31.5 Å². The summed E-state index contributed by atoms with van der Waals surface area (Å²) >= 11 is 0. The Bertz CT molecular complexity index is 647. The third-order valence-corrected chi connectivity index (χ3v) is 4.45. The fourth-order valence-corrected chi connectivity index (χ4v) is 2.90. The molecule has 0 fully saturated rings. The first kappa shape index (κ1) is 14.1. The standard InChI is InChI=1S/C17H23N3O/c1-3-12(2)18-10-17(21)20-9-8-16-14(11-20)13-6-4-5-7-15(13)19-16/h4-7,12,18-19H,3,8-11H2,1-2H3. The molecule has 4 nitrogen and oxygen atoms in total. The lowest BCUT2D eigenvalue weighted by molar-refractivity contribution is -0.131. The number of amides is 1. The number of fused-ring (bicyclic) bond motifs is 3. The summed E-state index contributed by atoms with van der Waals surface area (Å²) in [5, 5.41) is 4.54. The minimum Gasteiger partial charge on any atom is -0.358 e. The average molecular weight is 285 g/mol. The van der Waals surface area contributed by atoms with Gasteiger partial charge in [0.1, 0.15) is 0 Å². The van der Waals surface area contributed by atoms with Crippen molar-refractivity contribution in [2.24, 2.45) is 0 Å². The zero-order chi connectivity index (χ0) is 14.8. The number of carbonyl (C=O) groups excluding carboxylic acids is 1. The van der Waals surface area contributed by atoms with E-state index in [2.05, 4.69) is 42.3 Å². The first-order valence-electron chi connectivity index (χ1n) is 7.78. The van der Waals surface area contributed by atoms with E-state index in [1.165, 1.54) is 22.2 Å². The number of aromatic amines is 1. The minimum absolute atomic E-state index is 0.200. The smallest absolute Gasteiger partial charge is 0.236 e. The molecular weight excluding hydrogens is 262 g/mol. The molecule has 4 heteroatoms. The van der Waals surface area contributed by atoms with Gasteiger partial charge in [0, 0.05) is 47.7 Å². The Hall–Kier alpha value is -1.81. The first-order chi connectivity index (χ1) is 10.2. The Morgan fingerprint density at radius 3 is 3.05 bits per heavy atom. The van der Waals surface area contributed by atoms with Crippen LogP contribution in [0.2, 0.25) is 0 Å². The zero-order valence-corrected chi connectivity index (χ0v) is 12.8. The van der Waals surface area contributed by atoms with Crippen molar-refractivity contribution in [1.29, 1.82) is 0 Å². The molecule has 1 aromatic heterocycles. The molecule has 1 aromatic carbocycles.